The number of anilines is 1. The fourth-order valence-electron chi connectivity index (χ4n) is 5.12. The molecule has 1 aromatic carbocycles. The summed E-state index contributed by atoms with van der Waals surface area (Å²) in [4.78, 5) is 39.8. The number of piperidine rings is 1. The summed E-state index contributed by atoms with van der Waals surface area (Å²) in [5.74, 6) is -0.474. The Bertz CT molecular complexity index is 742. The average molecular weight is 342 g/mol. The highest BCUT2D eigenvalue weighted by Gasteiger charge is 2.62. The van der Waals surface area contributed by atoms with Crippen LogP contribution in [0, 0.1) is 23.2 Å². The van der Waals surface area contributed by atoms with E-state index in [1.54, 1.807) is 7.05 Å². The molecule has 3 amide bonds. The van der Waals surface area contributed by atoms with Gasteiger partial charge in [0, 0.05) is 29.0 Å². The number of imide groups is 1. The van der Waals surface area contributed by atoms with Gasteiger partial charge in [0.05, 0.1) is 0 Å². The van der Waals surface area contributed by atoms with Crippen molar-refractivity contribution >= 4 is 23.4 Å². The van der Waals surface area contributed by atoms with Crippen LogP contribution in [0.2, 0.25) is 0 Å². The van der Waals surface area contributed by atoms with Crippen molar-refractivity contribution in [3.63, 3.8) is 0 Å². The van der Waals surface area contributed by atoms with Crippen LogP contribution in [-0.4, -0.2) is 29.7 Å². The largest absolute Gasteiger partial charge is 0.325 e. The van der Waals surface area contributed by atoms with Crippen LogP contribution in [0.1, 0.15) is 45.6 Å². The maximum absolute atomic E-state index is 13.1. The molecule has 2 bridgehead atoms. The number of fused-ring (bicyclic) bond motifs is 2. The lowest BCUT2D eigenvalue weighted by Crippen LogP contribution is -2.63. The predicted molar refractivity (Wildman–Crippen MR) is 95.8 cm³/mol. The first-order chi connectivity index (χ1) is 11.5. The summed E-state index contributed by atoms with van der Waals surface area (Å²) >= 11 is 0. The predicted octanol–water partition coefficient (Wildman–Crippen LogP) is 3.13. The Morgan fingerprint density at radius 1 is 1.00 bits per heavy atom. The lowest BCUT2D eigenvalue weighted by atomic mass is 9.51. The number of likely N-dealkylation sites (tertiary alicyclic amines) is 1. The average Bonchev–Trinajstić information content (AvgIpc) is 2.52. The molecule has 1 aromatic rings. The standard InChI is InChI=1S/C20H26N2O3/c1-13-8-6-7-9-14(13)21-15(23)18(2)10-19(3)12-20(4,11-18)17(25)22(5)16(19)24/h6-9H,10-12H2,1-5H3,(H,21,23). The SMILES string of the molecule is Cc1ccccc1NC(=O)C1(C)CC2(C)CC(C)(C1)C(=O)N(C)C2=O. The number of nitrogens with zero attached hydrogens (tertiary/aromatic N) is 1. The van der Waals surface area contributed by atoms with Crippen LogP contribution in [0.25, 0.3) is 0 Å². The van der Waals surface area contributed by atoms with Crippen LogP contribution in [0.4, 0.5) is 5.69 Å². The molecule has 1 N–H and O–H groups in total. The van der Waals surface area contributed by atoms with Gasteiger partial charge in [-0.2, -0.15) is 0 Å². The molecular formula is C20H26N2O3. The summed E-state index contributed by atoms with van der Waals surface area (Å²) in [5, 5.41) is 3.01. The molecule has 1 aliphatic heterocycles. The monoisotopic (exact) mass is 342 g/mol. The normalized spacial score (nSPS) is 34.8. The minimum absolute atomic E-state index is 0.121. The molecule has 2 atom stereocenters. The lowest BCUT2D eigenvalue weighted by Gasteiger charge is -2.55. The van der Waals surface area contributed by atoms with Crippen LogP contribution in [0.3, 0.4) is 0 Å². The number of nitrogens with one attached hydrogen (secondary N) is 1. The zero-order valence-electron chi connectivity index (χ0n) is 15.6. The van der Waals surface area contributed by atoms with Gasteiger partial charge in [0.15, 0.2) is 0 Å². The van der Waals surface area contributed by atoms with Gasteiger partial charge in [-0.1, -0.05) is 39.0 Å². The zero-order valence-corrected chi connectivity index (χ0v) is 15.6. The number of amides is 3. The van der Waals surface area contributed by atoms with Gasteiger partial charge < -0.3 is 5.32 Å². The second-order valence-electron chi connectivity index (χ2n) is 8.65. The second kappa shape index (κ2) is 5.41. The van der Waals surface area contributed by atoms with Crippen molar-refractivity contribution in [3.8, 4) is 0 Å². The molecule has 134 valence electrons. The highest BCUT2D eigenvalue weighted by molar-refractivity contribution is 6.05. The smallest absolute Gasteiger partial charge is 0.234 e. The van der Waals surface area contributed by atoms with E-state index in [0.717, 1.165) is 11.3 Å². The Balaban J connectivity index is 1.94. The molecule has 25 heavy (non-hydrogen) atoms. The van der Waals surface area contributed by atoms with Crippen molar-refractivity contribution in [2.45, 2.75) is 47.0 Å². The van der Waals surface area contributed by atoms with Gasteiger partial charge in [0.2, 0.25) is 17.7 Å². The first-order valence-electron chi connectivity index (χ1n) is 8.71. The molecule has 5 nitrogen and oxygen atoms in total. The molecular weight excluding hydrogens is 316 g/mol. The van der Waals surface area contributed by atoms with Crippen LogP contribution >= 0.6 is 0 Å². The number of hydrogen-bond acceptors (Lipinski definition) is 3. The number of rotatable bonds is 2. The van der Waals surface area contributed by atoms with Gasteiger partial charge in [-0.25, -0.2) is 0 Å². The summed E-state index contributed by atoms with van der Waals surface area (Å²) in [6, 6.07) is 7.62. The summed E-state index contributed by atoms with van der Waals surface area (Å²) in [5.41, 5.74) is -0.383. The van der Waals surface area contributed by atoms with Crippen LogP contribution in [0.5, 0.6) is 0 Å². The molecule has 0 radical (unpaired) electrons. The minimum atomic E-state index is -0.767. The molecule has 1 aliphatic carbocycles. The van der Waals surface area contributed by atoms with E-state index in [-0.39, 0.29) is 17.7 Å². The van der Waals surface area contributed by atoms with Gasteiger partial charge >= 0.3 is 0 Å². The van der Waals surface area contributed by atoms with Gasteiger partial charge in [0.1, 0.15) is 0 Å². The third-order valence-corrected chi connectivity index (χ3v) is 5.92. The summed E-state index contributed by atoms with van der Waals surface area (Å²) in [6.07, 6.45) is 1.41. The molecule has 1 saturated carbocycles. The zero-order chi connectivity index (χ0) is 18.6. The fraction of sp³-hybridized carbons (Fsp3) is 0.550. The van der Waals surface area contributed by atoms with E-state index in [4.69, 9.17) is 0 Å². The first-order valence-corrected chi connectivity index (χ1v) is 8.71. The number of carbonyl (C=O) groups excluding carboxylic acids is 3. The summed E-state index contributed by atoms with van der Waals surface area (Å²) in [6.45, 7) is 7.59. The number of para-hydroxylation sites is 1. The van der Waals surface area contributed by atoms with E-state index in [0.29, 0.717) is 19.3 Å². The number of carbonyl (C=O) groups is 3. The van der Waals surface area contributed by atoms with Gasteiger partial charge in [-0.3, -0.25) is 19.3 Å². The van der Waals surface area contributed by atoms with E-state index < -0.39 is 16.2 Å². The topological polar surface area (TPSA) is 66.5 Å². The molecule has 0 aromatic heterocycles. The molecule has 3 rings (SSSR count). The molecule has 1 heterocycles. The van der Waals surface area contributed by atoms with Crippen molar-refractivity contribution in [1.29, 1.82) is 0 Å². The summed E-state index contributed by atoms with van der Waals surface area (Å²) in [7, 11) is 1.55. The van der Waals surface area contributed by atoms with Crippen LogP contribution in [0.15, 0.2) is 24.3 Å². The third-order valence-electron chi connectivity index (χ3n) is 5.92. The molecule has 2 unspecified atom stereocenters. The highest BCUT2D eigenvalue weighted by Crippen LogP contribution is 2.58. The number of benzene rings is 1. The quantitative estimate of drug-likeness (QED) is 0.840. The van der Waals surface area contributed by atoms with E-state index in [9.17, 15) is 14.4 Å². The van der Waals surface area contributed by atoms with E-state index in [1.807, 2.05) is 52.0 Å². The van der Waals surface area contributed by atoms with Gasteiger partial charge in [-0.05, 0) is 37.8 Å². The Hall–Kier alpha value is -2.17. The van der Waals surface area contributed by atoms with Crippen LogP contribution in [-0.2, 0) is 14.4 Å². The van der Waals surface area contributed by atoms with E-state index in [2.05, 4.69) is 5.32 Å². The van der Waals surface area contributed by atoms with Crippen molar-refractivity contribution in [3.05, 3.63) is 29.8 Å². The Kier molecular flexibility index (Phi) is 3.82. The molecule has 2 fully saturated rings. The van der Waals surface area contributed by atoms with E-state index in [1.165, 1.54) is 4.90 Å². The van der Waals surface area contributed by atoms with Crippen molar-refractivity contribution < 1.29 is 14.4 Å². The Morgan fingerprint density at radius 2 is 1.52 bits per heavy atom. The molecule has 0 spiro atoms. The van der Waals surface area contributed by atoms with Gasteiger partial charge in [-0.15, -0.1) is 0 Å². The Labute approximate surface area is 148 Å². The van der Waals surface area contributed by atoms with Crippen molar-refractivity contribution in [2.75, 3.05) is 12.4 Å². The molecule has 2 aliphatic rings. The van der Waals surface area contributed by atoms with E-state index >= 15 is 0 Å². The lowest BCUT2D eigenvalue weighted by molar-refractivity contribution is -0.177. The molecule has 5 heteroatoms. The molecule has 1 saturated heterocycles. The third kappa shape index (κ3) is 2.66. The fourth-order valence-corrected chi connectivity index (χ4v) is 5.12. The van der Waals surface area contributed by atoms with Crippen molar-refractivity contribution in [2.24, 2.45) is 16.2 Å². The van der Waals surface area contributed by atoms with Gasteiger partial charge in [0.25, 0.3) is 0 Å². The summed E-state index contributed by atoms with van der Waals surface area (Å²) < 4.78 is 0. The maximum Gasteiger partial charge on any atom is 0.234 e. The van der Waals surface area contributed by atoms with Crippen LogP contribution < -0.4 is 5.32 Å². The highest BCUT2D eigenvalue weighted by atomic mass is 16.2. The number of aryl methyl sites for hydroxylation is 1. The Morgan fingerprint density at radius 3 is 2.04 bits per heavy atom. The minimum Gasteiger partial charge on any atom is -0.325 e. The number of hydrogen-bond donors (Lipinski definition) is 1. The van der Waals surface area contributed by atoms with Crippen molar-refractivity contribution in [1.82, 2.24) is 4.90 Å². The first kappa shape index (κ1) is 17.6. The second-order valence-corrected chi connectivity index (χ2v) is 8.65. The maximum atomic E-state index is 13.1.